The largest absolute Gasteiger partial charge is 0.270 e. The first-order chi connectivity index (χ1) is 5.84. The van der Waals surface area contributed by atoms with E-state index in [2.05, 4.69) is 11.2 Å². The molecule has 64 valence electrons. The van der Waals surface area contributed by atoms with E-state index >= 15 is 0 Å². The summed E-state index contributed by atoms with van der Waals surface area (Å²) in [5.41, 5.74) is 1.19. The van der Waals surface area contributed by atoms with Crippen LogP contribution in [0, 0.1) is 18.3 Å². The van der Waals surface area contributed by atoms with E-state index in [0.717, 1.165) is 19.4 Å². The molecule has 0 aliphatic carbocycles. The molecule has 1 aromatic heterocycles. The molecule has 0 saturated carbocycles. The Balaban J connectivity index is 2.25. The molecule has 0 saturated heterocycles. The monoisotopic (exact) mass is 163 g/mol. The molecule has 1 rings (SSSR count). The molecule has 0 aliphatic rings. The van der Waals surface area contributed by atoms with Crippen molar-refractivity contribution in [3.8, 4) is 6.07 Å². The Kier molecular flexibility index (Phi) is 3.34. The molecule has 0 spiro atoms. The highest BCUT2D eigenvalue weighted by molar-refractivity contribution is 4.96. The highest BCUT2D eigenvalue weighted by Gasteiger charge is 1.95. The number of aromatic nitrogens is 2. The Bertz CT molecular complexity index is 270. The average molecular weight is 163 g/mol. The molecular formula is C9H13N3. The van der Waals surface area contributed by atoms with Gasteiger partial charge in [0.1, 0.15) is 0 Å². The van der Waals surface area contributed by atoms with E-state index in [1.807, 2.05) is 17.7 Å². The average Bonchev–Trinajstić information content (AvgIpc) is 2.46. The summed E-state index contributed by atoms with van der Waals surface area (Å²) in [4.78, 5) is 0. The molecule has 3 nitrogen and oxygen atoms in total. The summed E-state index contributed by atoms with van der Waals surface area (Å²) in [5.74, 6) is 0. The first-order valence-corrected chi connectivity index (χ1v) is 4.20. The highest BCUT2D eigenvalue weighted by Crippen LogP contribution is 2.00. The van der Waals surface area contributed by atoms with Crippen LogP contribution in [0.4, 0.5) is 0 Å². The number of unbranched alkanes of at least 4 members (excludes halogenated alkanes) is 2. The second-order valence-electron chi connectivity index (χ2n) is 2.81. The minimum atomic E-state index is 0.653. The second-order valence-corrected chi connectivity index (χ2v) is 2.81. The molecule has 12 heavy (non-hydrogen) atoms. The van der Waals surface area contributed by atoms with Gasteiger partial charge in [-0.3, -0.25) is 4.68 Å². The lowest BCUT2D eigenvalue weighted by atomic mass is 10.2. The number of nitriles is 1. The van der Waals surface area contributed by atoms with Gasteiger partial charge in [0.05, 0.1) is 6.07 Å². The maximum absolute atomic E-state index is 8.31. The van der Waals surface area contributed by atoms with Gasteiger partial charge in [0.15, 0.2) is 0 Å². The molecule has 3 heteroatoms. The van der Waals surface area contributed by atoms with Crippen molar-refractivity contribution in [2.45, 2.75) is 32.7 Å². The standard InChI is InChI=1S/C9H13N3/c1-9-5-7-11-12(9)8-4-2-3-6-10/h5,7H,2-4,8H2,1H3. The predicted molar refractivity (Wildman–Crippen MR) is 46.4 cm³/mol. The van der Waals surface area contributed by atoms with Crippen LogP contribution in [0.1, 0.15) is 25.0 Å². The number of nitrogens with zero attached hydrogens (tertiary/aromatic N) is 3. The maximum Gasteiger partial charge on any atom is 0.0621 e. The predicted octanol–water partition coefficient (Wildman–Crippen LogP) is 1.89. The van der Waals surface area contributed by atoms with E-state index < -0.39 is 0 Å². The van der Waals surface area contributed by atoms with Crippen LogP contribution in [-0.2, 0) is 6.54 Å². The molecule has 0 aliphatic heterocycles. The fourth-order valence-corrected chi connectivity index (χ4v) is 1.10. The zero-order valence-electron chi connectivity index (χ0n) is 7.32. The van der Waals surface area contributed by atoms with Crippen LogP contribution in [0.25, 0.3) is 0 Å². The van der Waals surface area contributed by atoms with E-state index in [0.29, 0.717) is 6.42 Å². The second kappa shape index (κ2) is 4.55. The van der Waals surface area contributed by atoms with Crippen molar-refractivity contribution < 1.29 is 0 Å². The summed E-state index contributed by atoms with van der Waals surface area (Å²) in [5, 5.41) is 12.5. The Hall–Kier alpha value is -1.30. The fraction of sp³-hybridized carbons (Fsp3) is 0.556. The molecule has 0 bridgehead atoms. The van der Waals surface area contributed by atoms with Crippen molar-refractivity contribution in [3.63, 3.8) is 0 Å². The third-order valence-electron chi connectivity index (χ3n) is 1.84. The highest BCUT2D eigenvalue weighted by atomic mass is 15.3. The Morgan fingerprint density at radius 3 is 3.00 bits per heavy atom. The molecule has 0 radical (unpaired) electrons. The van der Waals surface area contributed by atoms with Crippen LogP contribution < -0.4 is 0 Å². The van der Waals surface area contributed by atoms with Crippen molar-refractivity contribution in [1.82, 2.24) is 9.78 Å². The topological polar surface area (TPSA) is 41.6 Å². The summed E-state index contributed by atoms with van der Waals surface area (Å²) in [6.45, 7) is 2.97. The lowest BCUT2D eigenvalue weighted by Crippen LogP contribution is -2.01. The van der Waals surface area contributed by atoms with Crippen LogP contribution in [-0.4, -0.2) is 9.78 Å². The molecule has 0 amide bonds. The van der Waals surface area contributed by atoms with Crippen LogP contribution in [0.3, 0.4) is 0 Å². The summed E-state index contributed by atoms with van der Waals surface area (Å²) in [6, 6.07) is 4.12. The van der Waals surface area contributed by atoms with Gasteiger partial charge >= 0.3 is 0 Å². The summed E-state index contributed by atoms with van der Waals surface area (Å²) >= 11 is 0. The summed E-state index contributed by atoms with van der Waals surface area (Å²) in [7, 11) is 0. The lowest BCUT2D eigenvalue weighted by Gasteiger charge is -2.01. The molecule has 0 fully saturated rings. The van der Waals surface area contributed by atoms with Gasteiger partial charge in [0.2, 0.25) is 0 Å². The van der Waals surface area contributed by atoms with Gasteiger partial charge in [-0.1, -0.05) is 0 Å². The molecule has 0 unspecified atom stereocenters. The molecule has 0 aromatic carbocycles. The number of hydrogen-bond donors (Lipinski definition) is 0. The van der Waals surface area contributed by atoms with Gasteiger partial charge in [-0.2, -0.15) is 10.4 Å². The molecule has 0 N–H and O–H groups in total. The Morgan fingerprint density at radius 1 is 1.58 bits per heavy atom. The van der Waals surface area contributed by atoms with Gasteiger partial charge in [-0.25, -0.2) is 0 Å². The van der Waals surface area contributed by atoms with E-state index in [1.165, 1.54) is 5.69 Å². The van der Waals surface area contributed by atoms with Crippen molar-refractivity contribution >= 4 is 0 Å². The normalized spacial score (nSPS) is 9.67. The van der Waals surface area contributed by atoms with Crippen LogP contribution in [0.5, 0.6) is 0 Å². The zero-order chi connectivity index (χ0) is 8.81. The van der Waals surface area contributed by atoms with Gasteiger partial charge in [-0.05, 0) is 25.8 Å². The van der Waals surface area contributed by atoms with Gasteiger partial charge in [0, 0.05) is 24.9 Å². The number of rotatable bonds is 4. The third-order valence-corrected chi connectivity index (χ3v) is 1.84. The Morgan fingerprint density at radius 2 is 2.42 bits per heavy atom. The summed E-state index contributed by atoms with van der Waals surface area (Å²) in [6.07, 6.45) is 4.46. The number of hydrogen-bond acceptors (Lipinski definition) is 2. The minimum Gasteiger partial charge on any atom is -0.270 e. The van der Waals surface area contributed by atoms with E-state index in [9.17, 15) is 0 Å². The third kappa shape index (κ3) is 2.39. The van der Waals surface area contributed by atoms with Crippen molar-refractivity contribution in [3.05, 3.63) is 18.0 Å². The Labute approximate surface area is 72.6 Å². The quantitative estimate of drug-likeness (QED) is 0.636. The fourth-order valence-electron chi connectivity index (χ4n) is 1.10. The smallest absolute Gasteiger partial charge is 0.0621 e. The van der Waals surface area contributed by atoms with Gasteiger partial charge in [0.25, 0.3) is 0 Å². The van der Waals surface area contributed by atoms with E-state index in [-0.39, 0.29) is 0 Å². The van der Waals surface area contributed by atoms with Gasteiger partial charge in [-0.15, -0.1) is 0 Å². The van der Waals surface area contributed by atoms with Crippen molar-refractivity contribution in [2.24, 2.45) is 0 Å². The van der Waals surface area contributed by atoms with E-state index in [4.69, 9.17) is 5.26 Å². The SMILES string of the molecule is Cc1ccnn1CCCCC#N. The maximum atomic E-state index is 8.31. The number of aryl methyl sites for hydroxylation is 2. The summed E-state index contributed by atoms with van der Waals surface area (Å²) < 4.78 is 1.97. The van der Waals surface area contributed by atoms with Crippen molar-refractivity contribution in [2.75, 3.05) is 0 Å². The van der Waals surface area contributed by atoms with Crippen molar-refractivity contribution in [1.29, 1.82) is 5.26 Å². The molecule has 1 aromatic rings. The first-order valence-electron chi connectivity index (χ1n) is 4.20. The lowest BCUT2D eigenvalue weighted by molar-refractivity contribution is 0.550. The minimum absolute atomic E-state index is 0.653. The van der Waals surface area contributed by atoms with Crippen LogP contribution >= 0.6 is 0 Å². The van der Waals surface area contributed by atoms with Crippen LogP contribution in [0.15, 0.2) is 12.3 Å². The molecule has 0 atom stereocenters. The van der Waals surface area contributed by atoms with E-state index in [1.54, 1.807) is 6.20 Å². The zero-order valence-corrected chi connectivity index (χ0v) is 7.32. The van der Waals surface area contributed by atoms with Crippen LogP contribution in [0.2, 0.25) is 0 Å². The molecule has 1 heterocycles. The molecular weight excluding hydrogens is 150 g/mol. The van der Waals surface area contributed by atoms with Gasteiger partial charge < -0.3 is 0 Å². The first kappa shape index (κ1) is 8.79.